The van der Waals surface area contributed by atoms with Gasteiger partial charge in [0.05, 0.1) is 11.6 Å². The number of carbonyl (C=O) groups excluding carboxylic acids is 2. The van der Waals surface area contributed by atoms with Gasteiger partial charge in [0.2, 0.25) is 11.8 Å². The molecule has 3 rings (SSSR count). The Bertz CT molecular complexity index is 794. The lowest BCUT2D eigenvalue weighted by molar-refractivity contribution is -0.135. The lowest BCUT2D eigenvalue weighted by Crippen LogP contribution is -2.34. The summed E-state index contributed by atoms with van der Waals surface area (Å²) in [6, 6.07) is 13.9. The number of benzene rings is 2. The lowest BCUT2D eigenvalue weighted by Gasteiger charge is -2.22. The number of nitrogens with zero attached hydrogens (tertiary/aromatic N) is 2. The molecule has 0 N–H and O–H groups in total. The summed E-state index contributed by atoms with van der Waals surface area (Å²) in [5, 5.41) is 0. The van der Waals surface area contributed by atoms with Crippen LogP contribution in [0.5, 0.6) is 0 Å². The minimum Gasteiger partial charge on any atom is -0.341 e. The van der Waals surface area contributed by atoms with E-state index < -0.39 is 11.7 Å². The molecule has 0 radical (unpaired) electrons. The van der Waals surface area contributed by atoms with E-state index in [0.717, 1.165) is 10.0 Å². The van der Waals surface area contributed by atoms with E-state index in [1.54, 1.807) is 30.1 Å². The van der Waals surface area contributed by atoms with Crippen LogP contribution in [0.4, 0.5) is 10.1 Å². The van der Waals surface area contributed by atoms with E-state index in [-0.39, 0.29) is 30.5 Å². The number of anilines is 1. The van der Waals surface area contributed by atoms with Crippen LogP contribution in [0.25, 0.3) is 0 Å². The van der Waals surface area contributed by atoms with Crippen molar-refractivity contribution in [3.8, 4) is 0 Å². The molecule has 0 aliphatic carbocycles. The summed E-state index contributed by atoms with van der Waals surface area (Å²) in [6.45, 7) is 0.680. The van der Waals surface area contributed by atoms with Gasteiger partial charge in [-0.05, 0) is 29.8 Å². The predicted octanol–water partition coefficient (Wildman–Crippen LogP) is 3.60. The van der Waals surface area contributed by atoms with E-state index >= 15 is 0 Å². The minimum absolute atomic E-state index is 0.102. The number of rotatable bonds is 4. The molecule has 1 aliphatic heterocycles. The standard InChI is InChI=1S/C19H18BrFN2O2/c1-22(11-13-6-8-15(20)9-7-13)19(25)14-10-18(24)23(12-14)17-5-3-2-4-16(17)21/h2-9,14H,10-12H2,1H3. The van der Waals surface area contributed by atoms with Crippen molar-refractivity contribution in [3.63, 3.8) is 0 Å². The van der Waals surface area contributed by atoms with Gasteiger partial charge in [-0.1, -0.05) is 40.2 Å². The highest BCUT2D eigenvalue weighted by Gasteiger charge is 2.37. The Morgan fingerprint density at radius 2 is 1.92 bits per heavy atom. The van der Waals surface area contributed by atoms with Crippen LogP contribution >= 0.6 is 15.9 Å². The van der Waals surface area contributed by atoms with Gasteiger partial charge in [-0.3, -0.25) is 9.59 Å². The molecule has 1 unspecified atom stereocenters. The van der Waals surface area contributed by atoms with Crippen LogP contribution < -0.4 is 4.90 Å². The van der Waals surface area contributed by atoms with Crippen LogP contribution in [-0.2, 0) is 16.1 Å². The second-order valence-electron chi connectivity index (χ2n) is 6.18. The molecule has 0 spiro atoms. The molecule has 0 aromatic heterocycles. The van der Waals surface area contributed by atoms with Gasteiger partial charge in [0, 0.05) is 31.0 Å². The maximum Gasteiger partial charge on any atom is 0.228 e. The number of hydrogen-bond donors (Lipinski definition) is 0. The summed E-state index contributed by atoms with van der Waals surface area (Å²) >= 11 is 3.38. The molecule has 2 aromatic carbocycles. The van der Waals surface area contributed by atoms with E-state index in [4.69, 9.17) is 0 Å². The molecule has 6 heteroatoms. The van der Waals surface area contributed by atoms with Crippen molar-refractivity contribution in [1.29, 1.82) is 0 Å². The third-order valence-electron chi connectivity index (χ3n) is 4.33. The summed E-state index contributed by atoms with van der Waals surface area (Å²) in [4.78, 5) is 27.9. The van der Waals surface area contributed by atoms with Crippen molar-refractivity contribution >= 4 is 33.4 Å². The Balaban J connectivity index is 1.68. The lowest BCUT2D eigenvalue weighted by atomic mass is 10.1. The number of halogens is 2. The Labute approximate surface area is 154 Å². The Kier molecular flexibility index (Phi) is 5.18. The average molecular weight is 405 g/mol. The van der Waals surface area contributed by atoms with E-state index in [1.807, 2.05) is 24.3 Å². The Morgan fingerprint density at radius 3 is 2.60 bits per heavy atom. The molecule has 25 heavy (non-hydrogen) atoms. The number of hydrogen-bond acceptors (Lipinski definition) is 2. The molecule has 0 bridgehead atoms. The van der Waals surface area contributed by atoms with E-state index in [9.17, 15) is 14.0 Å². The molecule has 0 saturated carbocycles. The molecule has 1 heterocycles. The van der Waals surface area contributed by atoms with Crippen LogP contribution in [0.1, 0.15) is 12.0 Å². The first-order chi connectivity index (χ1) is 12.0. The highest BCUT2D eigenvalue weighted by molar-refractivity contribution is 9.10. The van der Waals surface area contributed by atoms with Crippen molar-refractivity contribution in [2.75, 3.05) is 18.5 Å². The topological polar surface area (TPSA) is 40.6 Å². The fraction of sp³-hybridized carbons (Fsp3) is 0.263. The van der Waals surface area contributed by atoms with Gasteiger partial charge >= 0.3 is 0 Å². The van der Waals surface area contributed by atoms with Crippen LogP contribution in [0.15, 0.2) is 53.0 Å². The third-order valence-corrected chi connectivity index (χ3v) is 4.86. The van der Waals surface area contributed by atoms with Gasteiger partial charge in [-0.25, -0.2) is 4.39 Å². The Hall–Kier alpha value is -2.21. The van der Waals surface area contributed by atoms with Crippen LogP contribution in [0.2, 0.25) is 0 Å². The second-order valence-corrected chi connectivity index (χ2v) is 7.09. The molecule has 2 amide bonds. The zero-order valence-corrected chi connectivity index (χ0v) is 15.4. The molecule has 1 saturated heterocycles. The molecule has 130 valence electrons. The Morgan fingerprint density at radius 1 is 1.24 bits per heavy atom. The van der Waals surface area contributed by atoms with Gasteiger partial charge in [-0.2, -0.15) is 0 Å². The van der Waals surface area contributed by atoms with Crippen LogP contribution in [0.3, 0.4) is 0 Å². The van der Waals surface area contributed by atoms with Crippen molar-refractivity contribution < 1.29 is 14.0 Å². The zero-order chi connectivity index (χ0) is 18.0. The van der Waals surface area contributed by atoms with Crippen molar-refractivity contribution in [2.45, 2.75) is 13.0 Å². The number of para-hydroxylation sites is 1. The summed E-state index contributed by atoms with van der Waals surface area (Å²) in [6.07, 6.45) is 0.109. The normalized spacial score (nSPS) is 17.0. The highest BCUT2D eigenvalue weighted by atomic mass is 79.9. The van der Waals surface area contributed by atoms with Gasteiger partial charge < -0.3 is 9.80 Å². The monoisotopic (exact) mass is 404 g/mol. The first kappa shape index (κ1) is 17.6. The quantitative estimate of drug-likeness (QED) is 0.780. The fourth-order valence-electron chi connectivity index (χ4n) is 3.03. The smallest absolute Gasteiger partial charge is 0.228 e. The largest absolute Gasteiger partial charge is 0.341 e. The van der Waals surface area contributed by atoms with Gasteiger partial charge in [0.15, 0.2) is 0 Å². The summed E-state index contributed by atoms with van der Waals surface area (Å²) in [5.74, 6) is -1.23. The van der Waals surface area contributed by atoms with Gasteiger partial charge in [0.25, 0.3) is 0 Å². The molecular weight excluding hydrogens is 387 g/mol. The van der Waals surface area contributed by atoms with Crippen LogP contribution in [-0.4, -0.2) is 30.3 Å². The maximum atomic E-state index is 13.9. The maximum absolute atomic E-state index is 13.9. The molecule has 4 nitrogen and oxygen atoms in total. The predicted molar refractivity (Wildman–Crippen MR) is 97.5 cm³/mol. The minimum atomic E-state index is -0.452. The molecule has 2 aromatic rings. The zero-order valence-electron chi connectivity index (χ0n) is 13.8. The highest BCUT2D eigenvalue weighted by Crippen LogP contribution is 2.28. The summed E-state index contributed by atoms with van der Waals surface area (Å²) < 4.78 is 14.9. The van der Waals surface area contributed by atoms with Crippen molar-refractivity contribution in [1.82, 2.24) is 4.90 Å². The van der Waals surface area contributed by atoms with Crippen molar-refractivity contribution in [2.24, 2.45) is 5.92 Å². The third kappa shape index (κ3) is 3.90. The first-order valence-electron chi connectivity index (χ1n) is 8.00. The molecular formula is C19H18BrFN2O2. The van der Waals surface area contributed by atoms with E-state index in [2.05, 4.69) is 15.9 Å². The van der Waals surface area contributed by atoms with E-state index in [1.165, 1.54) is 11.0 Å². The molecule has 1 aliphatic rings. The fourth-order valence-corrected chi connectivity index (χ4v) is 3.29. The van der Waals surface area contributed by atoms with Crippen molar-refractivity contribution in [3.05, 3.63) is 64.4 Å². The molecule has 1 atom stereocenters. The van der Waals surface area contributed by atoms with Gasteiger partial charge in [-0.15, -0.1) is 0 Å². The number of carbonyl (C=O) groups is 2. The SMILES string of the molecule is CN(Cc1ccc(Br)cc1)C(=O)C1CC(=O)N(c2ccccc2F)C1. The van der Waals surface area contributed by atoms with Crippen LogP contribution in [0, 0.1) is 11.7 Å². The molecule has 1 fully saturated rings. The van der Waals surface area contributed by atoms with Gasteiger partial charge in [0.1, 0.15) is 5.82 Å². The number of amides is 2. The summed E-state index contributed by atoms with van der Waals surface area (Å²) in [7, 11) is 1.72. The summed E-state index contributed by atoms with van der Waals surface area (Å²) in [5.41, 5.74) is 1.24. The second kappa shape index (κ2) is 7.35. The first-order valence-corrected chi connectivity index (χ1v) is 8.79. The van der Waals surface area contributed by atoms with E-state index in [0.29, 0.717) is 6.54 Å². The average Bonchev–Trinajstić information content (AvgIpc) is 2.98.